The third-order valence-corrected chi connectivity index (χ3v) is 4.27. The summed E-state index contributed by atoms with van der Waals surface area (Å²) in [6.07, 6.45) is 0. The highest BCUT2D eigenvalue weighted by molar-refractivity contribution is 9.10. The lowest BCUT2D eigenvalue weighted by Gasteiger charge is -2.15. The van der Waals surface area contributed by atoms with E-state index in [1.165, 1.54) is 5.56 Å². The molecule has 1 unspecified atom stereocenters. The number of rotatable bonds is 4. The van der Waals surface area contributed by atoms with E-state index in [-0.39, 0.29) is 6.04 Å². The molecule has 0 saturated heterocycles. The Kier molecular flexibility index (Phi) is 4.36. The van der Waals surface area contributed by atoms with Gasteiger partial charge in [-0.1, -0.05) is 15.9 Å². The van der Waals surface area contributed by atoms with Gasteiger partial charge in [0.1, 0.15) is 0 Å². The number of halogens is 1. The highest BCUT2D eigenvalue weighted by atomic mass is 79.9. The summed E-state index contributed by atoms with van der Waals surface area (Å²) in [5, 5.41) is 15.5. The molecule has 1 aromatic carbocycles. The summed E-state index contributed by atoms with van der Waals surface area (Å²) < 4.78 is 2.74. The van der Waals surface area contributed by atoms with Gasteiger partial charge < -0.3 is 5.32 Å². The Balaban J connectivity index is 2.35. The van der Waals surface area contributed by atoms with Crippen LogP contribution in [-0.4, -0.2) is 27.3 Å². The van der Waals surface area contributed by atoms with Crippen molar-refractivity contribution in [2.24, 2.45) is 7.05 Å². The van der Waals surface area contributed by atoms with Crippen molar-refractivity contribution >= 4 is 27.7 Å². The van der Waals surface area contributed by atoms with E-state index in [4.69, 9.17) is 0 Å². The van der Waals surface area contributed by atoms with Gasteiger partial charge in [-0.3, -0.25) is 0 Å². The number of nitrogens with zero attached hydrogens (tertiary/aromatic N) is 4. The number of hydrogen-bond donors (Lipinski definition) is 1. The summed E-state index contributed by atoms with van der Waals surface area (Å²) >= 11 is 5.07. The fourth-order valence-electron chi connectivity index (χ4n) is 1.51. The molecule has 0 fully saturated rings. The number of nitrogens with one attached hydrogen (secondary N) is 1. The average Bonchev–Trinajstić information content (AvgIpc) is 2.76. The van der Waals surface area contributed by atoms with Gasteiger partial charge in [-0.05, 0) is 59.9 Å². The maximum Gasteiger partial charge on any atom is 0.213 e. The third-order valence-electron chi connectivity index (χ3n) is 2.65. The summed E-state index contributed by atoms with van der Waals surface area (Å²) in [6.45, 7) is 2.13. The van der Waals surface area contributed by atoms with Gasteiger partial charge in [0.25, 0.3) is 0 Å². The largest absolute Gasteiger partial charge is 0.313 e. The maximum atomic E-state index is 3.99. The van der Waals surface area contributed by atoms with Crippen molar-refractivity contribution in [1.82, 2.24) is 25.5 Å². The van der Waals surface area contributed by atoms with E-state index in [1.54, 1.807) is 16.4 Å². The number of aromatic nitrogens is 4. The fourth-order valence-corrected chi connectivity index (χ4v) is 2.82. The first-order chi connectivity index (χ1) is 8.61. The summed E-state index contributed by atoms with van der Waals surface area (Å²) in [6, 6.07) is 6.49. The molecular formula is C11H14BrN5S. The number of benzene rings is 1. The molecule has 1 heterocycles. The van der Waals surface area contributed by atoms with Crippen LogP contribution in [0.3, 0.4) is 0 Å². The molecule has 0 aliphatic heterocycles. The minimum atomic E-state index is 0.270. The Hall–Kier alpha value is -0.920. The standard InChI is InChI=1S/C11H14BrN5S/c1-7(13-2)9-6-8(12)4-5-10(9)18-11-14-15-16-17(11)3/h4-7,13H,1-3H3. The monoisotopic (exact) mass is 327 g/mol. The van der Waals surface area contributed by atoms with Gasteiger partial charge in [0.05, 0.1) is 0 Å². The van der Waals surface area contributed by atoms with E-state index in [0.717, 1.165) is 14.5 Å². The molecule has 1 atom stereocenters. The zero-order chi connectivity index (χ0) is 13.1. The number of aryl methyl sites for hydroxylation is 1. The molecule has 5 nitrogen and oxygen atoms in total. The number of hydrogen-bond acceptors (Lipinski definition) is 5. The van der Waals surface area contributed by atoms with Crippen LogP contribution < -0.4 is 5.32 Å². The molecule has 7 heteroatoms. The van der Waals surface area contributed by atoms with Crippen LogP contribution in [0.5, 0.6) is 0 Å². The van der Waals surface area contributed by atoms with Gasteiger partial charge in [0, 0.05) is 22.5 Å². The van der Waals surface area contributed by atoms with Gasteiger partial charge in [-0.2, -0.15) is 0 Å². The second-order valence-electron chi connectivity index (χ2n) is 3.88. The lowest BCUT2D eigenvalue weighted by molar-refractivity contribution is 0.639. The van der Waals surface area contributed by atoms with Gasteiger partial charge in [-0.15, -0.1) is 5.10 Å². The molecule has 0 radical (unpaired) electrons. The SMILES string of the molecule is CNC(C)c1cc(Br)ccc1Sc1nnnn1C. The van der Waals surface area contributed by atoms with Gasteiger partial charge in [0.2, 0.25) is 5.16 Å². The Morgan fingerprint density at radius 2 is 2.22 bits per heavy atom. The molecule has 96 valence electrons. The molecular weight excluding hydrogens is 314 g/mol. The quantitative estimate of drug-likeness (QED) is 0.934. The van der Waals surface area contributed by atoms with Crippen LogP contribution >= 0.6 is 27.7 Å². The molecule has 18 heavy (non-hydrogen) atoms. The first-order valence-corrected chi connectivity index (χ1v) is 7.09. The molecule has 1 aromatic heterocycles. The van der Waals surface area contributed by atoms with Crippen molar-refractivity contribution in [2.75, 3.05) is 7.05 Å². The highest BCUT2D eigenvalue weighted by Gasteiger charge is 2.13. The van der Waals surface area contributed by atoms with E-state index in [0.29, 0.717) is 0 Å². The molecule has 2 aromatic rings. The topological polar surface area (TPSA) is 55.6 Å². The zero-order valence-corrected chi connectivity index (χ0v) is 12.8. The van der Waals surface area contributed by atoms with Crippen molar-refractivity contribution in [3.63, 3.8) is 0 Å². The Labute approximate surface area is 118 Å². The Morgan fingerprint density at radius 1 is 1.44 bits per heavy atom. The van der Waals surface area contributed by atoms with Crippen LogP contribution in [0.2, 0.25) is 0 Å². The minimum Gasteiger partial charge on any atom is -0.313 e. The Bertz CT molecular complexity index is 542. The van der Waals surface area contributed by atoms with E-state index >= 15 is 0 Å². The number of tetrazole rings is 1. The van der Waals surface area contributed by atoms with E-state index < -0.39 is 0 Å². The minimum absolute atomic E-state index is 0.270. The molecule has 0 aliphatic rings. The average molecular weight is 328 g/mol. The fraction of sp³-hybridized carbons (Fsp3) is 0.364. The van der Waals surface area contributed by atoms with Crippen LogP contribution in [0.1, 0.15) is 18.5 Å². The molecule has 1 N–H and O–H groups in total. The van der Waals surface area contributed by atoms with Crippen molar-refractivity contribution < 1.29 is 0 Å². The Morgan fingerprint density at radius 3 is 2.83 bits per heavy atom. The summed E-state index contributed by atoms with van der Waals surface area (Å²) in [5.41, 5.74) is 1.22. The first kappa shape index (κ1) is 13.5. The molecule has 0 saturated carbocycles. The zero-order valence-electron chi connectivity index (χ0n) is 10.4. The van der Waals surface area contributed by atoms with Crippen molar-refractivity contribution in [1.29, 1.82) is 0 Å². The molecule has 0 spiro atoms. The molecule has 0 amide bonds. The highest BCUT2D eigenvalue weighted by Crippen LogP contribution is 2.33. The predicted octanol–water partition coefficient (Wildman–Crippen LogP) is 2.40. The lowest BCUT2D eigenvalue weighted by atomic mass is 10.1. The summed E-state index contributed by atoms with van der Waals surface area (Å²) in [4.78, 5) is 1.15. The van der Waals surface area contributed by atoms with E-state index in [1.807, 2.05) is 20.2 Å². The van der Waals surface area contributed by atoms with Crippen LogP contribution in [0.25, 0.3) is 0 Å². The van der Waals surface area contributed by atoms with E-state index in [9.17, 15) is 0 Å². The molecule has 0 aliphatic carbocycles. The lowest BCUT2D eigenvalue weighted by Crippen LogP contribution is -2.13. The normalized spacial score (nSPS) is 12.7. The van der Waals surface area contributed by atoms with Crippen molar-refractivity contribution in [3.8, 4) is 0 Å². The second kappa shape index (κ2) is 5.81. The van der Waals surface area contributed by atoms with Crippen molar-refractivity contribution in [3.05, 3.63) is 28.2 Å². The van der Waals surface area contributed by atoms with Gasteiger partial charge >= 0.3 is 0 Å². The second-order valence-corrected chi connectivity index (χ2v) is 5.80. The van der Waals surface area contributed by atoms with Crippen LogP contribution in [0.4, 0.5) is 0 Å². The smallest absolute Gasteiger partial charge is 0.213 e. The van der Waals surface area contributed by atoms with Crippen LogP contribution in [0.15, 0.2) is 32.7 Å². The van der Waals surface area contributed by atoms with Crippen molar-refractivity contribution in [2.45, 2.75) is 23.0 Å². The van der Waals surface area contributed by atoms with Crippen LogP contribution in [-0.2, 0) is 7.05 Å². The first-order valence-electron chi connectivity index (χ1n) is 5.48. The maximum absolute atomic E-state index is 3.99. The van der Waals surface area contributed by atoms with Gasteiger partial charge in [0.15, 0.2) is 0 Å². The third kappa shape index (κ3) is 2.90. The van der Waals surface area contributed by atoms with Gasteiger partial charge in [-0.25, -0.2) is 4.68 Å². The van der Waals surface area contributed by atoms with Crippen LogP contribution in [0, 0.1) is 0 Å². The molecule has 2 rings (SSSR count). The summed E-state index contributed by atoms with van der Waals surface area (Å²) in [5.74, 6) is 0. The van der Waals surface area contributed by atoms with E-state index in [2.05, 4.69) is 55.8 Å². The summed E-state index contributed by atoms with van der Waals surface area (Å²) in [7, 11) is 3.78. The predicted molar refractivity (Wildman–Crippen MR) is 74.5 cm³/mol. The molecule has 0 bridgehead atoms.